The molecule has 1 heterocycles. The molecule has 0 radical (unpaired) electrons. The number of carbonyl (C=O) groups is 1. The average molecular weight is 524 g/mol. The molecule has 6 nitrogen and oxygen atoms in total. The summed E-state index contributed by atoms with van der Waals surface area (Å²) in [5, 5.41) is 10.1. The van der Waals surface area contributed by atoms with Crippen LogP contribution in [0.2, 0.25) is 10.2 Å². The van der Waals surface area contributed by atoms with Gasteiger partial charge in [0.25, 0.3) is 5.91 Å². The van der Waals surface area contributed by atoms with Crippen molar-refractivity contribution in [1.29, 1.82) is 0 Å². The fourth-order valence-electron chi connectivity index (χ4n) is 2.35. The zero-order valence-corrected chi connectivity index (χ0v) is 19.3. The third-order valence-electron chi connectivity index (χ3n) is 3.86. The molecule has 1 aromatic carbocycles. The molecule has 0 spiro atoms. The summed E-state index contributed by atoms with van der Waals surface area (Å²) >= 11 is 12.1. The van der Waals surface area contributed by atoms with E-state index in [2.05, 4.69) is 20.9 Å². The average Bonchev–Trinajstić information content (AvgIpc) is 2.90. The summed E-state index contributed by atoms with van der Waals surface area (Å²) in [6, 6.07) is 9.21. The summed E-state index contributed by atoms with van der Waals surface area (Å²) in [7, 11) is 3.48. The topological polar surface area (TPSA) is 70.4 Å². The van der Waals surface area contributed by atoms with Gasteiger partial charge >= 0.3 is 0 Å². The Bertz CT molecular complexity index is 790. The minimum Gasteiger partial charge on any atom is -0.357 e. The van der Waals surface area contributed by atoms with E-state index in [1.807, 2.05) is 36.7 Å². The zero-order chi connectivity index (χ0) is 19.1. The van der Waals surface area contributed by atoms with Crippen LogP contribution in [0.25, 0.3) is 0 Å². The quantitative estimate of drug-likeness (QED) is 0.308. The van der Waals surface area contributed by atoms with Crippen LogP contribution in [-0.4, -0.2) is 30.0 Å². The molecule has 148 valence electrons. The van der Waals surface area contributed by atoms with Crippen molar-refractivity contribution in [2.45, 2.75) is 20.0 Å². The van der Waals surface area contributed by atoms with E-state index in [4.69, 9.17) is 23.2 Å². The third-order valence-corrected chi connectivity index (χ3v) is 4.70. The summed E-state index contributed by atoms with van der Waals surface area (Å²) in [5.41, 5.74) is 2.60. The fraction of sp³-hybridized carbons (Fsp3) is 0.333. The summed E-state index contributed by atoms with van der Waals surface area (Å²) < 4.78 is 1.83. The van der Waals surface area contributed by atoms with Crippen LogP contribution in [0.1, 0.15) is 28.5 Å². The van der Waals surface area contributed by atoms with E-state index in [0.29, 0.717) is 34.8 Å². The normalized spacial score (nSPS) is 10.9. The Morgan fingerprint density at radius 2 is 1.85 bits per heavy atom. The van der Waals surface area contributed by atoms with E-state index in [1.54, 1.807) is 19.2 Å². The van der Waals surface area contributed by atoms with Crippen LogP contribution in [0.3, 0.4) is 0 Å². The number of nitrogens with one attached hydrogen (secondary N) is 3. The van der Waals surface area contributed by atoms with Gasteiger partial charge in [0, 0.05) is 31.9 Å². The molecule has 0 atom stereocenters. The van der Waals surface area contributed by atoms with Gasteiger partial charge < -0.3 is 20.5 Å². The molecule has 2 rings (SSSR count). The predicted molar refractivity (Wildman–Crippen MR) is 122 cm³/mol. The SMILES string of the molecule is CCNC(=NCc1ccc(C(=O)NC)cc1)NCc1cc(Cl)c(Cl)n1C.I. The first-order valence-corrected chi connectivity index (χ1v) is 9.04. The summed E-state index contributed by atoms with van der Waals surface area (Å²) in [6.45, 7) is 3.80. The van der Waals surface area contributed by atoms with E-state index < -0.39 is 0 Å². The van der Waals surface area contributed by atoms with Crippen molar-refractivity contribution < 1.29 is 4.79 Å². The van der Waals surface area contributed by atoms with Gasteiger partial charge in [-0.15, -0.1) is 24.0 Å². The van der Waals surface area contributed by atoms with Crippen LogP contribution in [0.4, 0.5) is 0 Å². The number of hydrogen-bond donors (Lipinski definition) is 3. The van der Waals surface area contributed by atoms with Gasteiger partial charge in [-0.05, 0) is 30.7 Å². The molecule has 0 aliphatic carbocycles. The fourth-order valence-corrected chi connectivity index (χ4v) is 2.77. The van der Waals surface area contributed by atoms with Crippen molar-refractivity contribution in [1.82, 2.24) is 20.5 Å². The summed E-state index contributed by atoms with van der Waals surface area (Å²) in [6.07, 6.45) is 0. The number of benzene rings is 1. The second kappa shape index (κ2) is 11.4. The lowest BCUT2D eigenvalue weighted by atomic mass is 10.1. The maximum Gasteiger partial charge on any atom is 0.251 e. The highest BCUT2D eigenvalue weighted by atomic mass is 127. The Kier molecular flexibility index (Phi) is 9.97. The molecule has 3 N–H and O–H groups in total. The number of amides is 1. The molecule has 2 aromatic rings. The monoisotopic (exact) mass is 523 g/mol. The lowest BCUT2D eigenvalue weighted by molar-refractivity contribution is 0.0963. The summed E-state index contributed by atoms with van der Waals surface area (Å²) in [5.74, 6) is 0.589. The van der Waals surface area contributed by atoms with Crippen LogP contribution in [-0.2, 0) is 20.1 Å². The number of carbonyl (C=O) groups excluding carboxylic acids is 1. The Hall–Kier alpha value is -1.45. The van der Waals surface area contributed by atoms with Crippen LogP contribution >= 0.6 is 47.2 Å². The molecular formula is C18H24Cl2IN5O. The first-order valence-electron chi connectivity index (χ1n) is 8.29. The Morgan fingerprint density at radius 1 is 1.19 bits per heavy atom. The number of nitrogens with zero attached hydrogens (tertiary/aromatic N) is 2. The van der Waals surface area contributed by atoms with Crippen molar-refractivity contribution in [2.24, 2.45) is 12.0 Å². The first-order chi connectivity index (χ1) is 12.5. The molecule has 0 aliphatic rings. The molecule has 0 unspecified atom stereocenters. The van der Waals surface area contributed by atoms with E-state index >= 15 is 0 Å². The summed E-state index contributed by atoms with van der Waals surface area (Å²) in [4.78, 5) is 16.1. The lowest BCUT2D eigenvalue weighted by Gasteiger charge is -2.12. The second-order valence-electron chi connectivity index (χ2n) is 5.66. The number of aromatic nitrogens is 1. The molecule has 1 aromatic heterocycles. The van der Waals surface area contributed by atoms with E-state index in [0.717, 1.165) is 17.8 Å². The molecule has 0 fully saturated rings. The number of halogens is 3. The van der Waals surface area contributed by atoms with E-state index in [-0.39, 0.29) is 29.9 Å². The van der Waals surface area contributed by atoms with Gasteiger partial charge in [0.2, 0.25) is 0 Å². The van der Waals surface area contributed by atoms with Crippen molar-refractivity contribution >= 4 is 59.0 Å². The van der Waals surface area contributed by atoms with Crippen LogP contribution < -0.4 is 16.0 Å². The van der Waals surface area contributed by atoms with Gasteiger partial charge in [0.05, 0.1) is 18.1 Å². The van der Waals surface area contributed by atoms with E-state index in [1.165, 1.54) is 0 Å². The lowest BCUT2D eigenvalue weighted by Crippen LogP contribution is -2.37. The molecule has 0 saturated carbocycles. The molecule has 0 bridgehead atoms. The molecule has 9 heteroatoms. The maximum atomic E-state index is 11.6. The molecule has 0 aliphatic heterocycles. The van der Waals surface area contributed by atoms with Crippen molar-refractivity contribution in [2.75, 3.05) is 13.6 Å². The highest BCUT2D eigenvalue weighted by Gasteiger charge is 2.09. The predicted octanol–water partition coefficient (Wildman–Crippen LogP) is 3.56. The number of rotatable bonds is 6. The third kappa shape index (κ3) is 6.58. The van der Waals surface area contributed by atoms with Gasteiger partial charge in [0.15, 0.2) is 5.96 Å². The highest BCUT2D eigenvalue weighted by Crippen LogP contribution is 2.24. The minimum absolute atomic E-state index is 0. The van der Waals surface area contributed by atoms with Crippen molar-refractivity contribution in [3.8, 4) is 0 Å². The van der Waals surface area contributed by atoms with Crippen LogP contribution in [0.15, 0.2) is 35.3 Å². The standard InChI is InChI=1S/C18H23Cl2N5O.HI/c1-4-22-18(24-11-14-9-15(19)16(20)25(14)3)23-10-12-5-7-13(8-6-12)17(26)21-2;/h5-9H,4,10-11H2,1-3H3,(H,21,26)(H2,22,23,24);1H. The number of guanidine groups is 1. The Morgan fingerprint density at radius 3 is 2.37 bits per heavy atom. The van der Waals surface area contributed by atoms with Gasteiger partial charge in [-0.25, -0.2) is 4.99 Å². The zero-order valence-electron chi connectivity index (χ0n) is 15.5. The molecular weight excluding hydrogens is 500 g/mol. The number of aliphatic imine (C=N–C) groups is 1. The number of hydrogen-bond acceptors (Lipinski definition) is 2. The largest absolute Gasteiger partial charge is 0.357 e. The van der Waals surface area contributed by atoms with Gasteiger partial charge in [-0.1, -0.05) is 35.3 Å². The first kappa shape index (κ1) is 23.6. The molecule has 27 heavy (non-hydrogen) atoms. The Labute approximate surface area is 186 Å². The van der Waals surface area contributed by atoms with Gasteiger partial charge in [-0.2, -0.15) is 0 Å². The van der Waals surface area contributed by atoms with Crippen molar-refractivity contribution in [3.63, 3.8) is 0 Å². The maximum absolute atomic E-state index is 11.6. The van der Waals surface area contributed by atoms with Crippen LogP contribution in [0.5, 0.6) is 0 Å². The minimum atomic E-state index is -0.102. The van der Waals surface area contributed by atoms with Crippen LogP contribution in [0, 0.1) is 0 Å². The molecule has 1 amide bonds. The van der Waals surface area contributed by atoms with Crippen molar-refractivity contribution in [3.05, 3.63) is 57.3 Å². The van der Waals surface area contributed by atoms with E-state index in [9.17, 15) is 4.79 Å². The smallest absolute Gasteiger partial charge is 0.251 e. The Balaban J connectivity index is 0.00000364. The second-order valence-corrected chi connectivity index (χ2v) is 6.42. The van der Waals surface area contributed by atoms with Gasteiger partial charge in [0.1, 0.15) is 5.15 Å². The van der Waals surface area contributed by atoms with Gasteiger partial charge in [-0.3, -0.25) is 4.79 Å². The highest BCUT2D eigenvalue weighted by molar-refractivity contribution is 14.0. The molecule has 0 saturated heterocycles.